The molecule has 1 aromatic carbocycles. The molecule has 0 N–H and O–H groups in total. The Balaban J connectivity index is 2.04. The smallest absolute Gasteiger partial charge is 0.336 e. The number of rotatable bonds is 5. The van der Waals surface area contributed by atoms with Gasteiger partial charge in [-0.2, -0.15) is 0 Å². The van der Waals surface area contributed by atoms with E-state index < -0.39 is 22.3 Å². The average Bonchev–Trinajstić information content (AvgIpc) is 2.89. The Morgan fingerprint density at radius 3 is 2.68 bits per heavy atom. The van der Waals surface area contributed by atoms with Gasteiger partial charge < -0.3 is 4.74 Å². The van der Waals surface area contributed by atoms with Crippen LogP contribution in [0.5, 0.6) is 0 Å². The van der Waals surface area contributed by atoms with Crippen molar-refractivity contribution in [2.45, 2.75) is 31.2 Å². The highest BCUT2D eigenvalue weighted by Crippen LogP contribution is 2.30. The molecule has 22 heavy (non-hydrogen) atoms. The molecule has 1 aromatic rings. The quantitative estimate of drug-likeness (QED) is 0.462. The van der Waals surface area contributed by atoms with Crippen molar-refractivity contribution in [3.8, 4) is 0 Å². The van der Waals surface area contributed by atoms with E-state index in [1.165, 1.54) is 6.92 Å². The zero-order valence-electron chi connectivity index (χ0n) is 12.0. The Hall–Kier alpha value is -2.09. The minimum atomic E-state index is -1.03. The summed E-state index contributed by atoms with van der Waals surface area (Å²) in [6.07, 6.45) is 0.399. The number of carbonyl (C=O) groups excluding carboxylic acids is 2. The minimum Gasteiger partial charge on any atom is -0.459 e. The number of hydrogen-bond donors (Lipinski definition) is 0. The fourth-order valence-electron chi connectivity index (χ4n) is 2.36. The van der Waals surface area contributed by atoms with Gasteiger partial charge in [0.15, 0.2) is 16.2 Å². The molecule has 1 aliphatic rings. The Labute approximate surface area is 131 Å². The monoisotopic (exact) mass is 324 g/mol. The molecule has 1 saturated heterocycles. The number of thioether (sulfide) groups is 1. The molecule has 0 radical (unpaired) electrons. The van der Waals surface area contributed by atoms with Crippen molar-refractivity contribution in [1.29, 1.82) is 0 Å². The maximum Gasteiger partial charge on any atom is 0.336 e. The van der Waals surface area contributed by atoms with Crippen LogP contribution in [0, 0.1) is 10.1 Å². The maximum atomic E-state index is 12.2. The summed E-state index contributed by atoms with van der Waals surface area (Å²) in [5.74, 6) is -0.670. The van der Waals surface area contributed by atoms with Crippen LogP contribution in [-0.4, -0.2) is 39.0 Å². The summed E-state index contributed by atoms with van der Waals surface area (Å²) in [6.45, 7) is 1.56. The van der Waals surface area contributed by atoms with Crippen molar-refractivity contribution in [1.82, 2.24) is 5.01 Å². The van der Waals surface area contributed by atoms with Gasteiger partial charge in [0.2, 0.25) is 0 Å². The molecule has 0 bridgehead atoms. The van der Waals surface area contributed by atoms with Crippen LogP contribution in [0.4, 0.5) is 0 Å². The van der Waals surface area contributed by atoms with Crippen LogP contribution in [0.15, 0.2) is 30.3 Å². The molecule has 118 valence electrons. The van der Waals surface area contributed by atoms with E-state index in [0.717, 1.165) is 22.3 Å². The van der Waals surface area contributed by atoms with Gasteiger partial charge in [0.25, 0.3) is 0 Å². The summed E-state index contributed by atoms with van der Waals surface area (Å²) >= 11 is 0.955. The third-order valence-corrected chi connectivity index (χ3v) is 4.44. The predicted molar refractivity (Wildman–Crippen MR) is 80.4 cm³/mol. The van der Waals surface area contributed by atoms with Crippen LogP contribution in [0.25, 0.3) is 0 Å². The average molecular weight is 324 g/mol. The first-order valence-corrected chi connectivity index (χ1v) is 7.65. The van der Waals surface area contributed by atoms with Gasteiger partial charge in [-0.15, -0.1) is 5.01 Å². The van der Waals surface area contributed by atoms with Gasteiger partial charge in [-0.25, -0.2) is 14.9 Å². The summed E-state index contributed by atoms with van der Waals surface area (Å²) in [4.78, 5) is 34.5. The summed E-state index contributed by atoms with van der Waals surface area (Å²) in [6, 6.07) is 8.04. The molecule has 8 heteroatoms. The molecule has 1 unspecified atom stereocenters. The second-order valence-electron chi connectivity index (χ2n) is 4.88. The van der Waals surface area contributed by atoms with E-state index in [0.29, 0.717) is 6.42 Å². The van der Waals surface area contributed by atoms with Gasteiger partial charge in [0.05, 0.1) is 11.8 Å². The molecule has 0 amide bonds. The van der Waals surface area contributed by atoms with Crippen LogP contribution in [0.3, 0.4) is 0 Å². The Bertz CT molecular complexity index is 566. The Morgan fingerprint density at radius 1 is 1.41 bits per heavy atom. The van der Waals surface area contributed by atoms with Gasteiger partial charge in [-0.05, 0) is 12.0 Å². The van der Waals surface area contributed by atoms with Gasteiger partial charge in [-0.3, -0.25) is 4.79 Å². The summed E-state index contributed by atoms with van der Waals surface area (Å²) in [5.41, 5.74) is 0.803. The fraction of sp³-hybridized carbons (Fsp3) is 0.429. The SMILES string of the molecule is CC(=O)S[C@H]1CCN([N+](=O)[O-])C1C(=O)OCc1ccccc1. The molecule has 1 aliphatic heterocycles. The zero-order chi connectivity index (χ0) is 16.1. The van der Waals surface area contributed by atoms with Crippen molar-refractivity contribution >= 4 is 22.8 Å². The lowest BCUT2D eigenvalue weighted by atomic mass is 10.2. The maximum absolute atomic E-state index is 12.2. The number of ether oxygens (including phenoxy) is 1. The van der Waals surface area contributed by atoms with Gasteiger partial charge in [0, 0.05) is 6.92 Å². The second-order valence-corrected chi connectivity index (χ2v) is 6.29. The van der Waals surface area contributed by atoms with Crippen molar-refractivity contribution in [3.05, 3.63) is 46.0 Å². The van der Waals surface area contributed by atoms with E-state index in [-0.39, 0.29) is 18.3 Å². The number of esters is 1. The van der Waals surface area contributed by atoms with E-state index in [9.17, 15) is 19.7 Å². The second kappa shape index (κ2) is 7.26. The highest BCUT2D eigenvalue weighted by molar-refractivity contribution is 8.14. The molecule has 2 rings (SSSR count). The third-order valence-electron chi connectivity index (χ3n) is 3.31. The molecule has 0 spiro atoms. The highest BCUT2D eigenvalue weighted by Gasteiger charge is 2.47. The van der Waals surface area contributed by atoms with E-state index in [1.807, 2.05) is 18.2 Å². The lowest BCUT2D eigenvalue weighted by Crippen LogP contribution is -2.45. The normalized spacial score (nSPS) is 20.7. The van der Waals surface area contributed by atoms with Crippen LogP contribution in [-0.2, 0) is 20.9 Å². The largest absolute Gasteiger partial charge is 0.459 e. The number of benzene rings is 1. The van der Waals surface area contributed by atoms with E-state index >= 15 is 0 Å². The molecule has 1 heterocycles. The van der Waals surface area contributed by atoms with Crippen molar-refractivity contribution in [2.24, 2.45) is 0 Å². The minimum absolute atomic E-state index is 0.0547. The number of nitrogens with zero attached hydrogens (tertiary/aromatic N) is 2. The third kappa shape index (κ3) is 3.97. The lowest BCUT2D eigenvalue weighted by molar-refractivity contribution is -0.656. The first kappa shape index (κ1) is 16.3. The first-order chi connectivity index (χ1) is 10.5. The first-order valence-electron chi connectivity index (χ1n) is 6.77. The molecule has 2 atom stereocenters. The number of hydrogen-bond acceptors (Lipinski definition) is 6. The standard InChI is InChI=1S/C14H16N2O5S/c1-10(17)22-12-7-8-15(16(19)20)13(12)14(18)21-9-11-5-3-2-4-6-11/h2-6,12-13H,7-9H2,1H3/t12-,13?/m0/s1. The molecular formula is C14H16N2O5S. The van der Waals surface area contributed by atoms with Crippen molar-refractivity contribution < 1.29 is 19.4 Å². The molecule has 1 fully saturated rings. The Morgan fingerprint density at radius 2 is 2.09 bits per heavy atom. The molecule has 0 aliphatic carbocycles. The van der Waals surface area contributed by atoms with Gasteiger partial charge in [-0.1, -0.05) is 42.1 Å². The summed E-state index contributed by atoms with van der Waals surface area (Å²) < 4.78 is 5.19. The molecule has 0 saturated carbocycles. The number of carbonyl (C=O) groups is 2. The topological polar surface area (TPSA) is 89.8 Å². The molecule has 7 nitrogen and oxygen atoms in total. The summed E-state index contributed by atoms with van der Waals surface area (Å²) in [7, 11) is 0. The zero-order valence-corrected chi connectivity index (χ0v) is 12.8. The van der Waals surface area contributed by atoms with Crippen LogP contribution < -0.4 is 0 Å². The summed E-state index contributed by atoms with van der Waals surface area (Å²) in [5, 5.41) is 10.7. The van der Waals surface area contributed by atoms with Crippen LogP contribution in [0.1, 0.15) is 18.9 Å². The van der Waals surface area contributed by atoms with E-state index in [1.54, 1.807) is 12.1 Å². The molecular weight excluding hydrogens is 308 g/mol. The number of hydrazine groups is 1. The van der Waals surface area contributed by atoms with Crippen molar-refractivity contribution in [3.63, 3.8) is 0 Å². The lowest BCUT2D eigenvalue weighted by Gasteiger charge is -2.19. The van der Waals surface area contributed by atoms with Crippen molar-refractivity contribution in [2.75, 3.05) is 6.54 Å². The molecule has 0 aromatic heterocycles. The fourth-order valence-corrected chi connectivity index (χ4v) is 3.39. The van der Waals surface area contributed by atoms with Gasteiger partial charge in [0.1, 0.15) is 6.61 Å². The van der Waals surface area contributed by atoms with E-state index in [2.05, 4.69) is 0 Å². The van der Waals surface area contributed by atoms with Crippen LogP contribution >= 0.6 is 11.8 Å². The highest BCUT2D eigenvalue weighted by atomic mass is 32.2. The number of nitro groups is 1. The van der Waals surface area contributed by atoms with Gasteiger partial charge >= 0.3 is 5.97 Å². The van der Waals surface area contributed by atoms with Crippen LogP contribution in [0.2, 0.25) is 0 Å². The van der Waals surface area contributed by atoms with E-state index in [4.69, 9.17) is 4.74 Å². The predicted octanol–water partition coefficient (Wildman–Crippen LogP) is 1.64. The Kier molecular flexibility index (Phi) is 5.37.